The Bertz CT molecular complexity index is 1060. The van der Waals surface area contributed by atoms with Crippen LogP contribution in [-0.4, -0.2) is 80.3 Å². The lowest BCUT2D eigenvalue weighted by Gasteiger charge is -2.69. The van der Waals surface area contributed by atoms with E-state index in [-0.39, 0.29) is 45.5 Å². The van der Waals surface area contributed by atoms with Crippen molar-refractivity contribution >= 4 is 5.78 Å². The normalized spacial score (nSPS) is 50.1. The molecule has 5 N–H and O–H groups in total. The van der Waals surface area contributed by atoms with Gasteiger partial charge in [-0.05, 0) is 97.2 Å². The van der Waals surface area contributed by atoms with Gasteiger partial charge in [-0.2, -0.15) is 0 Å². The lowest BCUT2D eigenvalue weighted by Crippen LogP contribution is -2.66. The minimum Gasteiger partial charge on any atom is -0.394 e. The Labute approximate surface area is 265 Å². The number of carbonyl (C=O) groups excluding carboxylic acids is 1. The van der Waals surface area contributed by atoms with Crippen molar-refractivity contribution in [1.29, 1.82) is 0 Å². The molecule has 1 saturated heterocycles. The number of ether oxygens (including phenoxy) is 2. The van der Waals surface area contributed by atoms with Gasteiger partial charge in [-0.25, -0.2) is 0 Å². The molecule has 5 aliphatic rings. The van der Waals surface area contributed by atoms with Crippen molar-refractivity contribution in [3.63, 3.8) is 0 Å². The lowest BCUT2D eigenvalue weighted by atomic mass is 9.35. The minimum atomic E-state index is -1.51. The second-order valence-corrected chi connectivity index (χ2v) is 17.6. The largest absolute Gasteiger partial charge is 0.394 e. The number of hydrogen-bond donors (Lipinski definition) is 5. The Hall–Kier alpha value is -0.610. The van der Waals surface area contributed by atoms with Crippen LogP contribution in [0.1, 0.15) is 120 Å². The third-order valence-corrected chi connectivity index (χ3v) is 14.6. The lowest BCUT2D eigenvalue weighted by molar-refractivity contribution is -0.333. The molecule has 0 radical (unpaired) electrons. The summed E-state index contributed by atoms with van der Waals surface area (Å²) in [6, 6.07) is 0. The van der Waals surface area contributed by atoms with Crippen LogP contribution in [0.2, 0.25) is 0 Å². The molecule has 1 heterocycles. The van der Waals surface area contributed by atoms with Gasteiger partial charge in [0.2, 0.25) is 0 Å². The SMILES string of the molecule is CC(C)CCC[C@](C)(O[C@@H]1OC(CO)[C@@H](O)C(O)C1O)C1CC[C@]2(C)C1C(=O)CC1[C@@]3(C)CC[C@H](O)C(C)(C)C3CC[C@]12C. The van der Waals surface area contributed by atoms with E-state index in [1.54, 1.807) is 0 Å². The molecular formula is C36H62O8. The zero-order chi connectivity index (χ0) is 32.6. The van der Waals surface area contributed by atoms with Gasteiger partial charge in [0.05, 0.1) is 18.3 Å². The molecule has 4 aliphatic carbocycles. The molecule has 7 unspecified atom stereocenters. The van der Waals surface area contributed by atoms with Crippen LogP contribution < -0.4 is 0 Å². The summed E-state index contributed by atoms with van der Waals surface area (Å²) in [6.07, 6.45) is 1.67. The number of Topliss-reactive ketones (excluding diaryl/α,β-unsaturated/α-hetero) is 1. The Morgan fingerprint density at radius 2 is 1.57 bits per heavy atom. The molecular weight excluding hydrogens is 560 g/mol. The van der Waals surface area contributed by atoms with Gasteiger partial charge in [0.25, 0.3) is 0 Å². The van der Waals surface area contributed by atoms with E-state index in [1.165, 1.54) is 0 Å². The zero-order valence-corrected chi connectivity index (χ0v) is 28.6. The Balaban J connectivity index is 1.48. The van der Waals surface area contributed by atoms with Crippen molar-refractivity contribution < 1.29 is 39.8 Å². The highest BCUT2D eigenvalue weighted by molar-refractivity contribution is 5.84. The molecule has 0 aromatic rings. The molecule has 0 bridgehead atoms. The second kappa shape index (κ2) is 11.8. The molecule has 0 aromatic heterocycles. The molecule has 0 aromatic carbocycles. The van der Waals surface area contributed by atoms with E-state index in [4.69, 9.17) is 9.47 Å². The zero-order valence-electron chi connectivity index (χ0n) is 28.6. The van der Waals surface area contributed by atoms with Gasteiger partial charge in [0, 0.05) is 12.3 Å². The summed E-state index contributed by atoms with van der Waals surface area (Å²) >= 11 is 0. The molecule has 44 heavy (non-hydrogen) atoms. The van der Waals surface area contributed by atoms with Crippen LogP contribution in [0.4, 0.5) is 0 Å². The van der Waals surface area contributed by atoms with Gasteiger partial charge in [0.1, 0.15) is 30.2 Å². The van der Waals surface area contributed by atoms with Gasteiger partial charge in [-0.1, -0.05) is 61.3 Å². The van der Waals surface area contributed by atoms with Crippen LogP contribution in [-0.2, 0) is 14.3 Å². The smallest absolute Gasteiger partial charge is 0.187 e. The predicted molar refractivity (Wildman–Crippen MR) is 167 cm³/mol. The van der Waals surface area contributed by atoms with Crippen molar-refractivity contribution in [1.82, 2.24) is 0 Å². The number of hydrogen-bond acceptors (Lipinski definition) is 8. The van der Waals surface area contributed by atoms with Crippen LogP contribution in [0.5, 0.6) is 0 Å². The number of ketones is 1. The van der Waals surface area contributed by atoms with E-state index in [2.05, 4.69) is 55.4 Å². The van der Waals surface area contributed by atoms with E-state index in [0.29, 0.717) is 30.5 Å². The highest BCUT2D eigenvalue weighted by atomic mass is 16.7. The average molecular weight is 623 g/mol. The van der Waals surface area contributed by atoms with Crippen LogP contribution >= 0.6 is 0 Å². The summed E-state index contributed by atoms with van der Waals surface area (Å²) < 4.78 is 12.6. The fourth-order valence-corrected chi connectivity index (χ4v) is 11.7. The maximum Gasteiger partial charge on any atom is 0.187 e. The van der Waals surface area contributed by atoms with Gasteiger partial charge in [0.15, 0.2) is 6.29 Å². The highest BCUT2D eigenvalue weighted by Crippen LogP contribution is 2.75. The first kappa shape index (κ1) is 34.7. The summed E-state index contributed by atoms with van der Waals surface area (Å²) in [5.74, 6) is 1.16. The standard InChI is InChI=1S/C36H62O8/c1-20(2)10-9-14-36(8,44-31-30(42)29(41)28(40)23(19-37)43-31)21-11-16-35(7)27(21)22(38)18-25-33(5)15-13-26(39)32(3,4)24(33)12-17-34(25,35)6/h20-21,23-31,37,39-42H,9-19H2,1-8H3/t21?,23?,24?,25?,26-,27?,28+,29?,30?,31-,33-,34+,35+,36-/m0/s1. The molecule has 8 nitrogen and oxygen atoms in total. The first-order valence-electron chi connectivity index (χ1n) is 17.6. The van der Waals surface area contributed by atoms with Gasteiger partial charge in [-0.15, -0.1) is 0 Å². The van der Waals surface area contributed by atoms with E-state index in [9.17, 15) is 30.3 Å². The summed E-state index contributed by atoms with van der Waals surface area (Å²) in [4.78, 5) is 14.6. The number of fused-ring (bicyclic) bond motifs is 5. The summed E-state index contributed by atoms with van der Waals surface area (Å²) in [6.45, 7) is 17.6. The maximum atomic E-state index is 14.6. The first-order valence-corrected chi connectivity index (χ1v) is 17.6. The number of aliphatic hydroxyl groups is 5. The number of rotatable bonds is 8. The van der Waals surface area contributed by atoms with Crippen molar-refractivity contribution in [2.75, 3.05) is 6.61 Å². The van der Waals surface area contributed by atoms with E-state index in [1.807, 2.05) is 0 Å². The summed E-state index contributed by atoms with van der Waals surface area (Å²) in [7, 11) is 0. The molecule has 5 fully saturated rings. The van der Waals surface area contributed by atoms with Crippen LogP contribution in [0.25, 0.3) is 0 Å². The van der Waals surface area contributed by atoms with Crippen LogP contribution in [0, 0.1) is 51.2 Å². The Morgan fingerprint density at radius 3 is 2.20 bits per heavy atom. The van der Waals surface area contributed by atoms with Crippen molar-refractivity contribution in [2.45, 2.75) is 162 Å². The average Bonchev–Trinajstić information content (AvgIpc) is 3.33. The van der Waals surface area contributed by atoms with Crippen molar-refractivity contribution in [3.8, 4) is 0 Å². The molecule has 0 spiro atoms. The highest BCUT2D eigenvalue weighted by Gasteiger charge is 2.71. The van der Waals surface area contributed by atoms with Crippen LogP contribution in [0.15, 0.2) is 0 Å². The monoisotopic (exact) mass is 622 g/mol. The predicted octanol–water partition coefficient (Wildman–Crippen LogP) is 4.61. The molecule has 254 valence electrons. The Morgan fingerprint density at radius 1 is 0.909 bits per heavy atom. The summed E-state index contributed by atoms with van der Waals surface area (Å²) in [5, 5.41) is 52.7. The molecule has 14 atom stereocenters. The van der Waals surface area contributed by atoms with Gasteiger partial charge >= 0.3 is 0 Å². The van der Waals surface area contributed by atoms with E-state index in [0.717, 1.165) is 51.4 Å². The Kier molecular flexibility index (Phi) is 9.32. The quantitative estimate of drug-likeness (QED) is 0.265. The fraction of sp³-hybridized carbons (Fsp3) is 0.972. The number of aliphatic hydroxyl groups excluding tert-OH is 5. The maximum absolute atomic E-state index is 14.6. The van der Waals surface area contributed by atoms with Gasteiger partial charge < -0.3 is 35.0 Å². The van der Waals surface area contributed by atoms with Crippen molar-refractivity contribution in [2.24, 2.45) is 51.2 Å². The fourth-order valence-electron chi connectivity index (χ4n) is 11.7. The third-order valence-electron chi connectivity index (χ3n) is 14.6. The topological polar surface area (TPSA) is 137 Å². The molecule has 4 saturated carbocycles. The van der Waals surface area contributed by atoms with E-state index < -0.39 is 42.9 Å². The third kappa shape index (κ3) is 5.16. The van der Waals surface area contributed by atoms with Crippen LogP contribution in [0.3, 0.4) is 0 Å². The first-order chi connectivity index (χ1) is 20.4. The molecule has 8 heteroatoms. The second-order valence-electron chi connectivity index (χ2n) is 17.6. The van der Waals surface area contributed by atoms with Crippen molar-refractivity contribution in [3.05, 3.63) is 0 Å². The van der Waals surface area contributed by atoms with Gasteiger partial charge in [-0.3, -0.25) is 4.79 Å². The summed E-state index contributed by atoms with van der Waals surface area (Å²) in [5.41, 5.74) is -1.26. The molecule has 5 rings (SSSR count). The van der Waals surface area contributed by atoms with E-state index >= 15 is 0 Å². The molecule has 0 amide bonds. The number of carbonyl (C=O) groups is 1. The minimum absolute atomic E-state index is 0.00908. The molecule has 1 aliphatic heterocycles.